The molecule has 33 heavy (non-hydrogen) atoms. The Bertz CT molecular complexity index is 1030. The van der Waals surface area contributed by atoms with Gasteiger partial charge in [0.1, 0.15) is 12.1 Å². The Kier molecular flexibility index (Phi) is 6.79. The standard InChI is InChI=1S/C24H27N3O6/c1-31-19-9-8-16(12-20(19)32-2)14-27-23(29)18(25-24(27)30)13-22(28)26-10-11-33-21(15-26)17-6-4-3-5-7-17/h3-9,12,18,21H,10-11,13-15H2,1-2H3,(H,25,30)/t18-,21?/m0/s1. The van der Waals surface area contributed by atoms with Crippen molar-refractivity contribution in [1.29, 1.82) is 0 Å². The van der Waals surface area contributed by atoms with Crippen molar-refractivity contribution in [2.75, 3.05) is 33.9 Å². The lowest BCUT2D eigenvalue weighted by molar-refractivity contribution is -0.141. The van der Waals surface area contributed by atoms with E-state index in [1.807, 2.05) is 30.3 Å². The van der Waals surface area contributed by atoms with Gasteiger partial charge in [0.15, 0.2) is 11.5 Å². The van der Waals surface area contributed by atoms with Crippen LogP contribution in [0.25, 0.3) is 0 Å². The Morgan fingerprint density at radius 1 is 1.09 bits per heavy atom. The molecule has 2 aliphatic heterocycles. The highest BCUT2D eigenvalue weighted by molar-refractivity contribution is 6.05. The van der Waals surface area contributed by atoms with Crippen LogP contribution in [0.4, 0.5) is 4.79 Å². The van der Waals surface area contributed by atoms with Crippen molar-refractivity contribution in [2.45, 2.75) is 25.1 Å². The van der Waals surface area contributed by atoms with Crippen LogP contribution in [0.1, 0.15) is 23.7 Å². The van der Waals surface area contributed by atoms with E-state index in [2.05, 4.69) is 5.32 Å². The largest absolute Gasteiger partial charge is 0.493 e. The lowest BCUT2D eigenvalue weighted by Gasteiger charge is -2.33. The number of urea groups is 1. The predicted molar refractivity (Wildman–Crippen MR) is 119 cm³/mol. The molecule has 1 N–H and O–H groups in total. The number of ether oxygens (including phenoxy) is 3. The third kappa shape index (κ3) is 4.93. The summed E-state index contributed by atoms with van der Waals surface area (Å²) in [4.78, 5) is 41.1. The van der Waals surface area contributed by atoms with Gasteiger partial charge in [0.05, 0.1) is 40.3 Å². The molecule has 0 bridgehead atoms. The topological polar surface area (TPSA) is 97.4 Å². The van der Waals surface area contributed by atoms with Gasteiger partial charge in [0.25, 0.3) is 5.91 Å². The zero-order chi connectivity index (χ0) is 23.4. The molecule has 174 valence electrons. The first-order valence-corrected chi connectivity index (χ1v) is 10.8. The van der Waals surface area contributed by atoms with E-state index >= 15 is 0 Å². The Hall–Kier alpha value is -3.59. The lowest BCUT2D eigenvalue weighted by Crippen LogP contribution is -2.45. The minimum Gasteiger partial charge on any atom is -0.493 e. The summed E-state index contributed by atoms with van der Waals surface area (Å²) in [5, 5.41) is 2.64. The molecular formula is C24H27N3O6. The Morgan fingerprint density at radius 3 is 2.58 bits per heavy atom. The summed E-state index contributed by atoms with van der Waals surface area (Å²) in [7, 11) is 3.05. The van der Waals surface area contributed by atoms with Crippen molar-refractivity contribution in [3.05, 3.63) is 59.7 Å². The van der Waals surface area contributed by atoms with Crippen LogP contribution >= 0.6 is 0 Å². The highest BCUT2D eigenvalue weighted by atomic mass is 16.5. The van der Waals surface area contributed by atoms with Gasteiger partial charge in [0.2, 0.25) is 5.91 Å². The second-order valence-electron chi connectivity index (χ2n) is 7.93. The fraction of sp³-hybridized carbons (Fsp3) is 0.375. The summed E-state index contributed by atoms with van der Waals surface area (Å²) in [6.45, 7) is 1.35. The predicted octanol–water partition coefficient (Wildman–Crippen LogP) is 2.11. The Labute approximate surface area is 192 Å². The molecular weight excluding hydrogens is 426 g/mol. The second-order valence-corrected chi connectivity index (χ2v) is 7.93. The normalized spacial score (nSPS) is 20.5. The quantitative estimate of drug-likeness (QED) is 0.645. The molecule has 2 atom stereocenters. The lowest BCUT2D eigenvalue weighted by atomic mass is 10.1. The van der Waals surface area contributed by atoms with Gasteiger partial charge in [-0.1, -0.05) is 36.4 Å². The number of benzene rings is 2. The van der Waals surface area contributed by atoms with E-state index in [4.69, 9.17) is 14.2 Å². The molecule has 2 aliphatic rings. The highest BCUT2D eigenvalue weighted by Gasteiger charge is 2.40. The maximum Gasteiger partial charge on any atom is 0.325 e. The average Bonchev–Trinajstić information content (AvgIpc) is 3.11. The van der Waals surface area contributed by atoms with Crippen molar-refractivity contribution >= 4 is 17.8 Å². The number of nitrogens with zero attached hydrogens (tertiary/aromatic N) is 2. The van der Waals surface area contributed by atoms with Crippen LogP contribution in [-0.4, -0.2) is 67.6 Å². The van der Waals surface area contributed by atoms with Crippen LogP contribution in [-0.2, 0) is 20.9 Å². The van der Waals surface area contributed by atoms with Crippen LogP contribution in [0.15, 0.2) is 48.5 Å². The summed E-state index contributed by atoms with van der Waals surface area (Å²) in [6, 6.07) is 13.5. The number of carbonyl (C=O) groups is 3. The number of imide groups is 1. The highest BCUT2D eigenvalue weighted by Crippen LogP contribution is 2.29. The number of hydrogen-bond donors (Lipinski definition) is 1. The maximum atomic E-state index is 12.9. The first-order chi connectivity index (χ1) is 16.0. The minimum atomic E-state index is -0.886. The first kappa shape index (κ1) is 22.6. The molecule has 0 aromatic heterocycles. The third-order valence-electron chi connectivity index (χ3n) is 5.86. The molecule has 0 spiro atoms. The first-order valence-electron chi connectivity index (χ1n) is 10.8. The van der Waals surface area contributed by atoms with Gasteiger partial charge in [-0.3, -0.25) is 14.5 Å². The van der Waals surface area contributed by atoms with E-state index in [-0.39, 0.29) is 25.0 Å². The fourth-order valence-electron chi connectivity index (χ4n) is 4.08. The molecule has 0 radical (unpaired) electrons. The summed E-state index contributed by atoms with van der Waals surface area (Å²) in [5.74, 6) is 0.456. The molecule has 2 saturated heterocycles. The number of hydrogen-bond acceptors (Lipinski definition) is 6. The van der Waals surface area contributed by atoms with Crippen molar-refractivity contribution in [1.82, 2.24) is 15.1 Å². The van der Waals surface area contributed by atoms with E-state index in [0.29, 0.717) is 36.8 Å². The maximum absolute atomic E-state index is 12.9. The van der Waals surface area contributed by atoms with E-state index in [0.717, 1.165) is 10.5 Å². The van der Waals surface area contributed by atoms with Gasteiger partial charge < -0.3 is 24.4 Å². The zero-order valence-electron chi connectivity index (χ0n) is 18.7. The van der Waals surface area contributed by atoms with E-state index in [9.17, 15) is 14.4 Å². The number of carbonyl (C=O) groups excluding carboxylic acids is 3. The van der Waals surface area contributed by atoms with Crippen LogP contribution in [0.5, 0.6) is 11.5 Å². The number of methoxy groups -OCH3 is 2. The summed E-state index contributed by atoms with van der Waals surface area (Å²) < 4.78 is 16.3. The molecule has 2 aromatic carbocycles. The molecule has 1 unspecified atom stereocenters. The van der Waals surface area contributed by atoms with Crippen LogP contribution in [0, 0.1) is 0 Å². The van der Waals surface area contributed by atoms with Gasteiger partial charge in [-0.2, -0.15) is 0 Å². The summed E-state index contributed by atoms with van der Waals surface area (Å²) in [5.41, 5.74) is 1.71. The summed E-state index contributed by atoms with van der Waals surface area (Å²) >= 11 is 0. The van der Waals surface area contributed by atoms with E-state index in [1.165, 1.54) is 14.2 Å². The van der Waals surface area contributed by atoms with Gasteiger partial charge in [-0.25, -0.2) is 4.79 Å². The number of nitrogens with one attached hydrogen (secondary N) is 1. The zero-order valence-corrected chi connectivity index (χ0v) is 18.7. The van der Waals surface area contributed by atoms with Gasteiger partial charge in [-0.15, -0.1) is 0 Å². The SMILES string of the molecule is COc1ccc(CN2C(=O)N[C@@H](CC(=O)N3CCOC(c4ccccc4)C3)C2=O)cc1OC. The smallest absolute Gasteiger partial charge is 0.325 e. The van der Waals surface area contributed by atoms with E-state index < -0.39 is 18.0 Å². The molecule has 2 fully saturated rings. The van der Waals surface area contributed by atoms with Crippen molar-refractivity contribution < 1.29 is 28.6 Å². The van der Waals surface area contributed by atoms with Crippen LogP contribution in [0.2, 0.25) is 0 Å². The van der Waals surface area contributed by atoms with Crippen molar-refractivity contribution in [3.8, 4) is 11.5 Å². The number of amides is 4. The van der Waals surface area contributed by atoms with Gasteiger partial charge in [-0.05, 0) is 23.3 Å². The van der Waals surface area contributed by atoms with Gasteiger partial charge in [0, 0.05) is 6.54 Å². The van der Waals surface area contributed by atoms with Crippen LogP contribution in [0.3, 0.4) is 0 Å². The fourth-order valence-corrected chi connectivity index (χ4v) is 4.08. The third-order valence-corrected chi connectivity index (χ3v) is 5.86. The Morgan fingerprint density at radius 2 is 1.85 bits per heavy atom. The molecule has 4 rings (SSSR count). The molecule has 2 heterocycles. The molecule has 0 saturated carbocycles. The number of morpholine rings is 1. The van der Waals surface area contributed by atoms with Crippen LogP contribution < -0.4 is 14.8 Å². The average molecular weight is 453 g/mol. The monoisotopic (exact) mass is 453 g/mol. The molecule has 9 heteroatoms. The van der Waals surface area contributed by atoms with E-state index in [1.54, 1.807) is 23.1 Å². The molecule has 4 amide bonds. The van der Waals surface area contributed by atoms with Crippen molar-refractivity contribution in [3.63, 3.8) is 0 Å². The van der Waals surface area contributed by atoms with Crippen molar-refractivity contribution in [2.24, 2.45) is 0 Å². The molecule has 9 nitrogen and oxygen atoms in total. The van der Waals surface area contributed by atoms with Gasteiger partial charge >= 0.3 is 6.03 Å². The molecule has 0 aliphatic carbocycles. The Balaban J connectivity index is 1.38. The number of rotatable bonds is 7. The second kappa shape index (κ2) is 9.91. The summed E-state index contributed by atoms with van der Waals surface area (Å²) in [6.07, 6.45) is -0.298. The minimum absolute atomic E-state index is 0.0728. The molecule has 2 aromatic rings.